The van der Waals surface area contributed by atoms with Gasteiger partial charge in [-0.05, 0) is 12.3 Å². The maximum Gasteiger partial charge on any atom is 0.237 e. The van der Waals surface area contributed by atoms with E-state index >= 15 is 0 Å². The highest BCUT2D eigenvalue weighted by molar-refractivity contribution is 5.81. The van der Waals surface area contributed by atoms with Crippen molar-refractivity contribution in [3.05, 3.63) is 0 Å². The van der Waals surface area contributed by atoms with E-state index in [9.17, 15) is 4.79 Å². The molecule has 1 aliphatic rings. The van der Waals surface area contributed by atoms with Crippen molar-refractivity contribution in [2.75, 3.05) is 32.8 Å². The number of ether oxygens (including phenoxy) is 1. The summed E-state index contributed by atoms with van der Waals surface area (Å²) >= 11 is 0. The van der Waals surface area contributed by atoms with Crippen LogP contribution in [0.2, 0.25) is 0 Å². The number of hydrogen-bond acceptors (Lipinski definition) is 4. The van der Waals surface area contributed by atoms with Crippen LogP contribution in [0.4, 0.5) is 0 Å². The zero-order valence-electron chi connectivity index (χ0n) is 12.5. The van der Waals surface area contributed by atoms with Crippen LogP contribution < -0.4 is 11.1 Å². The molecule has 3 N–H and O–H groups in total. The Labute approximate surface area is 116 Å². The predicted molar refractivity (Wildman–Crippen MR) is 76.9 cm³/mol. The van der Waals surface area contributed by atoms with Crippen LogP contribution in [0.15, 0.2) is 0 Å². The molecule has 0 aromatic carbocycles. The normalized spacial score (nSPS) is 22.5. The van der Waals surface area contributed by atoms with Gasteiger partial charge < -0.3 is 15.8 Å². The quantitative estimate of drug-likeness (QED) is 0.711. The lowest BCUT2D eigenvalue weighted by Crippen LogP contribution is -2.50. The van der Waals surface area contributed by atoms with Crippen molar-refractivity contribution in [1.29, 1.82) is 0 Å². The summed E-state index contributed by atoms with van der Waals surface area (Å²) in [5.41, 5.74) is 5.77. The highest BCUT2D eigenvalue weighted by atomic mass is 16.5. The molecule has 0 aromatic heterocycles. The van der Waals surface area contributed by atoms with E-state index in [1.54, 1.807) is 0 Å². The van der Waals surface area contributed by atoms with E-state index < -0.39 is 0 Å². The number of carbonyl (C=O) groups excluding carboxylic acids is 1. The van der Waals surface area contributed by atoms with Gasteiger partial charge >= 0.3 is 0 Å². The number of carbonyl (C=O) groups is 1. The Bertz CT molecular complexity index is 271. The lowest BCUT2D eigenvalue weighted by atomic mass is 10.1. The van der Waals surface area contributed by atoms with Gasteiger partial charge in [-0.2, -0.15) is 0 Å². The van der Waals surface area contributed by atoms with E-state index in [-0.39, 0.29) is 18.1 Å². The van der Waals surface area contributed by atoms with Crippen molar-refractivity contribution in [2.24, 2.45) is 11.7 Å². The van der Waals surface area contributed by atoms with Crippen molar-refractivity contribution in [3.63, 3.8) is 0 Å². The predicted octanol–water partition coefficient (Wildman–Crippen LogP) is 0.587. The van der Waals surface area contributed by atoms with Gasteiger partial charge in [0.05, 0.1) is 18.8 Å². The third kappa shape index (κ3) is 6.36. The molecule has 0 bridgehead atoms. The van der Waals surface area contributed by atoms with Gasteiger partial charge in [0.1, 0.15) is 0 Å². The van der Waals surface area contributed by atoms with Crippen LogP contribution in [0, 0.1) is 5.92 Å². The first-order chi connectivity index (χ1) is 9.02. The summed E-state index contributed by atoms with van der Waals surface area (Å²) in [5.74, 6) is 0.595. The number of nitrogens with two attached hydrogens (primary N) is 1. The van der Waals surface area contributed by atoms with Gasteiger partial charge in [-0.25, -0.2) is 0 Å². The molecule has 2 unspecified atom stereocenters. The fourth-order valence-electron chi connectivity index (χ4n) is 2.37. The zero-order valence-corrected chi connectivity index (χ0v) is 12.5. The summed E-state index contributed by atoms with van der Waals surface area (Å²) < 4.78 is 5.68. The molecule has 0 saturated carbocycles. The maximum atomic E-state index is 11.7. The Kier molecular flexibility index (Phi) is 7.34. The Morgan fingerprint density at radius 1 is 1.53 bits per heavy atom. The van der Waals surface area contributed by atoms with Gasteiger partial charge in [0.2, 0.25) is 5.91 Å². The molecule has 0 aliphatic carbocycles. The van der Waals surface area contributed by atoms with E-state index in [0.29, 0.717) is 12.5 Å². The molecule has 1 heterocycles. The zero-order chi connectivity index (χ0) is 14.3. The van der Waals surface area contributed by atoms with Gasteiger partial charge in [0, 0.05) is 26.2 Å². The molecule has 0 aromatic rings. The Morgan fingerprint density at radius 3 is 2.89 bits per heavy atom. The minimum absolute atomic E-state index is 0.0635. The molecular weight excluding hydrogens is 242 g/mol. The van der Waals surface area contributed by atoms with Gasteiger partial charge in [-0.3, -0.25) is 9.69 Å². The van der Waals surface area contributed by atoms with Gasteiger partial charge in [-0.15, -0.1) is 0 Å². The topological polar surface area (TPSA) is 67.6 Å². The molecular formula is C14H29N3O2. The number of morpholine rings is 1. The molecule has 1 rings (SSSR count). The molecule has 1 amide bonds. The number of rotatable bonds is 7. The molecule has 0 spiro atoms. The van der Waals surface area contributed by atoms with E-state index in [0.717, 1.165) is 39.1 Å². The molecule has 1 fully saturated rings. The summed E-state index contributed by atoms with van der Waals surface area (Å²) in [6.45, 7) is 10.7. The number of hydrogen-bond donors (Lipinski definition) is 2. The van der Waals surface area contributed by atoms with Crippen LogP contribution in [0.3, 0.4) is 0 Å². The van der Waals surface area contributed by atoms with Crippen LogP contribution >= 0.6 is 0 Å². The molecule has 5 nitrogen and oxygen atoms in total. The van der Waals surface area contributed by atoms with Crippen molar-refractivity contribution in [2.45, 2.75) is 45.8 Å². The third-order valence-electron chi connectivity index (χ3n) is 3.29. The minimum Gasteiger partial charge on any atom is -0.374 e. The second-order valence-electron chi connectivity index (χ2n) is 5.79. The molecule has 2 atom stereocenters. The van der Waals surface area contributed by atoms with Gasteiger partial charge in [-0.1, -0.05) is 27.2 Å². The average molecular weight is 271 g/mol. The van der Waals surface area contributed by atoms with E-state index in [4.69, 9.17) is 10.5 Å². The van der Waals surface area contributed by atoms with Crippen LogP contribution in [0.1, 0.15) is 33.6 Å². The summed E-state index contributed by atoms with van der Waals surface area (Å²) in [5, 5.41) is 2.90. The second-order valence-corrected chi connectivity index (χ2v) is 5.79. The first-order valence-corrected chi connectivity index (χ1v) is 7.40. The molecule has 112 valence electrons. The van der Waals surface area contributed by atoms with Crippen LogP contribution in [0.25, 0.3) is 0 Å². The van der Waals surface area contributed by atoms with Crippen molar-refractivity contribution in [1.82, 2.24) is 10.2 Å². The SMILES string of the molecule is CCCC(N)C(=O)NCC1CN(CC(C)C)CCO1. The van der Waals surface area contributed by atoms with Gasteiger partial charge in [0.15, 0.2) is 0 Å². The lowest BCUT2D eigenvalue weighted by Gasteiger charge is -2.34. The number of nitrogens with zero attached hydrogens (tertiary/aromatic N) is 1. The molecule has 1 saturated heterocycles. The molecule has 19 heavy (non-hydrogen) atoms. The van der Waals surface area contributed by atoms with Crippen molar-refractivity contribution >= 4 is 5.91 Å². The first-order valence-electron chi connectivity index (χ1n) is 7.40. The summed E-state index contributed by atoms with van der Waals surface area (Å²) in [6, 6.07) is -0.389. The van der Waals surface area contributed by atoms with Crippen LogP contribution in [0.5, 0.6) is 0 Å². The molecule has 1 aliphatic heterocycles. The third-order valence-corrected chi connectivity index (χ3v) is 3.29. The fourth-order valence-corrected chi connectivity index (χ4v) is 2.37. The van der Waals surface area contributed by atoms with Crippen LogP contribution in [-0.2, 0) is 9.53 Å². The Morgan fingerprint density at radius 2 is 2.26 bits per heavy atom. The average Bonchev–Trinajstić information content (AvgIpc) is 2.36. The summed E-state index contributed by atoms with van der Waals surface area (Å²) in [6.07, 6.45) is 1.75. The summed E-state index contributed by atoms with van der Waals surface area (Å²) in [7, 11) is 0. The molecule has 0 radical (unpaired) electrons. The van der Waals surface area contributed by atoms with Gasteiger partial charge in [0.25, 0.3) is 0 Å². The fraction of sp³-hybridized carbons (Fsp3) is 0.929. The first kappa shape index (κ1) is 16.4. The highest BCUT2D eigenvalue weighted by Gasteiger charge is 2.22. The standard InChI is InChI=1S/C14H29N3O2/c1-4-5-13(15)14(18)16-8-12-10-17(6-7-19-12)9-11(2)3/h11-13H,4-10,15H2,1-3H3,(H,16,18). The number of amides is 1. The Hall–Kier alpha value is -0.650. The van der Waals surface area contributed by atoms with Crippen molar-refractivity contribution < 1.29 is 9.53 Å². The summed E-state index contributed by atoms with van der Waals surface area (Å²) in [4.78, 5) is 14.1. The highest BCUT2D eigenvalue weighted by Crippen LogP contribution is 2.07. The monoisotopic (exact) mass is 271 g/mol. The van der Waals surface area contributed by atoms with E-state index in [2.05, 4.69) is 24.1 Å². The lowest BCUT2D eigenvalue weighted by molar-refractivity contribution is -0.123. The second kappa shape index (κ2) is 8.51. The molecule has 5 heteroatoms. The van der Waals surface area contributed by atoms with Crippen LogP contribution in [-0.4, -0.2) is 55.7 Å². The minimum atomic E-state index is -0.389. The number of nitrogens with one attached hydrogen (secondary N) is 1. The smallest absolute Gasteiger partial charge is 0.237 e. The largest absolute Gasteiger partial charge is 0.374 e. The maximum absolute atomic E-state index is 11.7. The van der Waals surface area contributed by atoms with Crippen molar-refractivity contribution in [3.8, 4) is 0 Å². The van der Waals surface area contributed by atoms with E-state index in [1.807, 2.05) is 6.92 Å². The Balaban J connectivity index is 2.26. The van der Waals surface area contributed by atoms with E-state index in [1.165, 1.54) is 0 Å².